The first-order chi connectivity index (χ1) is 28.0. The lowest BCUT2D eigenvalue weighted by Gasteiger charge is -2.42. The summed E-state index contributed by atoms with van der Waals surface area (Å²) >= 11 is 0. The number of anilines is 2. The Labute approximate surface area is 338 Å². The molecule has 12 rings (SSSR count). The van der Waals surface area contributed by atoms with Gasteiger partial charge < -0.3 is 18.2 Å². The summed E-state index contributed by atoms with van der Waals surface area (Å²) in [5.41, 5.74) is 18.7. The SMILES string of the molecule is CC(C)(C)c1ccc(CN2c3cc(C(C)(C)C)cc4c3B(c3ccc5oc6ccccc6c5c32)n2c3oc5ccccc5c3c3cccc-4c32)c(-c2ccccc2)c1. The average Bonchev–Trinajstić information content (AvgIpc) is 3.89. The number of hydrogen-bond donors (Lipinski definition) is 0. The van der Waals surface area contributed by atoms with Gasteiger partial charge in [0.25, 0.3) is 0 Å². The fraction of sp³-hybridized carbons (Fsp3) is 0.170. The number of hydrogen-bond acceptors (Lipinski definition) is 3. The molecule has 10 aromatic rings. The number of fused-ring (bicyclic) bond motifs is 13. The van der Waals surface area contributed by atoms with Gasteiger partial charge in [0.15, 0.2) is 5.71 Å². The van der Waals surface area contributed by atoms with Crippen molar-refractivity contribution in [1.82, 2.24) is 4.48 Å². The minimum absolute atomic E-state index is 0.00642. The van der Waals surface area contributed by atoms with E-state index in [0.29, 0.717) is 6.54 Å². The summed E-state index contributed by atoms with van der Waals surface area (Å²) in [6.45, 7) is 14.5. The monoisotopic (exact) mass is 750 g/mol. The predicted octanol–water partition coefficient (Wildman–Crippen LogP) is 13.0. The maximum atomic E-state index is 6.95. The van der Waals surface area contributed by atoms with Gasteiger partial charge in [-0.05, 0) is 79.4 Å². The first-order valence-corrected chi connectivity index (χ1v) is 20.6. The molecule has 280 valence electrons. The number of furan rings is 2. The van der Waals surface area contributed by atoms with Gasteiger partial charge in [0.1, 0.15) is 16.7 Å². The van der Waals surface area contributed by atoms with E-state index in [1.165, 1.54) is 77.5 Å². The maximum Gasteiger partial charge on any atom is 0.336 e. The summed E-state index contributed by atoms with van der Waals surface area (Å²) in [5, 5.41) is 5.85. The van der Waals surface area contributed by atoms with Gasteiger partial charge in [-0.1, -0.05) is 157 Å². The van der Waals surface area contributed by atoms with Gasteiger partial charge in [-0.25, -0.2) is 0 Å². The lowest BCUT2D eigenvalue weighted by atomic mass is 9.45. The summed E-state index contributed by atoms with van der Waals surface area (Å²) in [6, 6.07) is 51.5. The quantitative estimate of drug-likeness (QED) is 0.169. The highest BCUT2D eigenvalue weighted by atomic mass is 16.3. The number of aromatic nitrogens is 1. The van der Waals surface area contributed by atoms with Crippen molar-refractivity contribution in [2.45, 2.75) is 58.9 Å². The Bertz CT molecular complexity index is 3350. The molecule has 3 aromatic heterocycles. The van der Waals surface area contributed by atoms with E-state index < -0.39 is 0 Å². The van der Waals surface area contributed by atoms with Crippen molar-refractivity contribution in [1.29, 1.82) is 0 Å². The number of rotatable bonds is 3. The van der Waals surface area contributed by atoms with Gasteiger partial charge >= 0.3 is 6.85 Å². The van der Waals surface area contributed by atoms with Crippen molar-refractivity contribution in [2.75, 3.05) is 4.90 Å². The van der Waals surface area contributed by atoms with Crippen LogP contribution in [0.3, 0.4) is 0 Å². The van der Waals surface area contributed by atoms with Crippen LogP contribution in [0.25, 0.3) is 77.2 Å². The van der Waals surface area contributed by atoms with Crippen LogP contribution in [0.5, 0.6) is 0 Å². The number of nitrogens with zero attached hydrogens (tertiary/aromatic N) is 2. The molecule has 0 bridgehead atoms. The molecule has 0 saturated heterocycles. The highest BCUT2D eigenvalue weighted by Gasteiger charge is 2.45. The molecule has 0 unspecified atom stereocenters. The van der Waals surface area contributed by atoms with Crippen LogP contribution in [0.1, 0.15) is 58.2 Å². The van der Waals surface area contributed by atoms with Gasteiger partial charge in [-0.3, -0.25) is 0 Å². The molecule has 58 heavy (non-hydrogen) atoms. The van der Waals surface area contributed by atoms with E-state index >= 15 is 0 Å². The molecule has 5 heteroatoms. The van der Waals surface area contributed by atoms with Gasteiger partial charge in [0.05, 0.1) is 16.5 Å². The third kappa shape index (κ3) is 4.59. The molecule has 0 radical (unpaired) electrons. The molecule has 5 heterocycles. The molecular weight excluding hydrogens is 707 g/mol. The summed E-state index contributed by atoms with van der Waals surface area (Å²) in [6.07, 6.45) is 0. The van der Waals surface area contributed by atoms with Crippen molar-refractivity contribution in [2.24, 2.45) is 0 Å². The molecule has 0 amide bonds. The second kappa shape index (κ2) is 11.6. The highest BCUT2D eigenvalue weighted by molar-refractivity contribution is 6.90. The van der Waals surface area contributed by atoms with Crippen LogP contribution in [-0.2, 0) is 17.4 Å². The van der Waals surface area contributed by atoms with E-state index in [-0.39, 0.29) is 17.7 Å². The van der Waals surface area contributed by atoms with Crippen LogP contribution in [0, 0.1) is 0 Å². The van der Waals surface area contributed by atoms with Gasteiger partial charge in [-0.2, -0.15) is 0 Å². The fourth-order valence-corrected chi connectivity index (χ4v) is 10.1. The third-order valence-corrected chi connectivity index (χ3v) is 13.0. The van der Waals surface area contributed by atoms with Crippen LogP contribution >= 0.6 is 0 Å². The Kier molecular flexibility index (Phi) is 6.72. The molecule has 0 saturated carbocycles. The van der Waals surface area contributed by atoms with Crippen LogP contribution in [0.2, 0.25) is 0 Å². The largest absolute Gasteiger partial charge is 0.456 e. The fourth-order valence-electron chi connectivity index (χ4n) is 10.1. The minimum Gasteiger partial charge on any atom is -0.456 e. The molecule has 0 atom stereocenters. The van der Waals surface area contributed by atoms with Crippen molar-refractivity contribution < 1.29 is 8.83 Å². The molecule has 2 aliphatic rings. The zero-order valence-electron chi connectivity index (χ0n) is 33.8. The topological polar surface area (TPSA) is 34.5 Å². The Morgan fingerprint density at radius 1 is 0.534 bits per heavy atom. The number of benzene rings is 7. The van der Waals surface area contributed by atoms with E-state index in [0.717, 1.165) is 38.6 Å². The predicted molar refractivity (Wildman–Crippen MR) is 244 cm³/mol. The number of para-hydroxylation sites is 3. The zero-order valence-corrected chi connectivity index (χ0v) is 33.8. The van der Waals surface area contributed by atoms with Crippen molar-refractivity contribution in [3.63, 3.8) is 0 Å². The standard InChI is InChI=1S/C53H43BN2O2/c1-52(2,3)33-24-23-32(39(27-33)31-15-8-7-9-16-31)30-55-42-29-34(53(4,5)6)28-40-35-19-14-20-38-46-36-17-10-13-22-44(36)58-51(46)56(49(35)38)54(48(40)42)41-25-26-45-47(50(41)55)37-18-11-12-21-43(37)57-45/h7-29H,30H2,1-6H3. The van der Waals surface area contributed by atoms with Crippen LogP contribution in [0.15, 0.2) is 148 Å². The lowest BCUT2D eigenvalue weighted by molar-refractivity contribution is 0.590. The van der Waals surface area contributed by atoms with Crippen LogP contribution < -0.4 is 15.8 Å². The first kappa shape index (κ1) is 33.7. The minimum atomic E-state index is -0.129. The Morgan fingerprint density at radius 3 is 1.97 bits per heavy atom. The highest BCUT2D eigenvalue weighted by Crippen LogP contribution is 2.49. The molecule has 0 aliphatic carbocycles. The molecular formula is C53H43BN2O2. The normalized spacial score (nSPS) is 13.7. The maximum absolute atomic E-state index is 6.95. The van der Waals surface area contributed by atoms with E-state index in [1.807, 2.05) is 0 Å². The molecule has 2 aliphatic heterocycles. The Balaban J connectivity index is 1.23. The zero-order chi connectivity index (χ0) is 39.2. The Morgan fingerprint density at radius 2 is 1.21 bits per heavy atom. The third-order valence-electron chi connectivity index (χ3n) is 13.0. The van der Waals surface area contributed by atoms with Gasteiger partial charge in [0, 0.05) is 39.5 Å². The second-order valence-electron chi connectivity index (χ2n) is 18.5. The average molecular weight is 751 g/mol. The van der Waals surface area contributed by atoms with E-state index in [2.05, 4.69) is 190 Å². The molecule has 7 aromatic carbocycles. The van der Waals surface area contributed by atoms with E-state index in [4.69, 9.17) is 8.83 Å². The smallest absolute Gasteiger partial charge is 0.336 e. The lowest BCUT2D eigenvalue weighted by Crippen LogP contribution is -2.57. The van der Waals surface area contributed by atoms with E-state index in [1.54, 1.807) is 0 Å². The van der Waals surface area contributed by atoms with Crippen LogP contribution in [-0.4, -0.2) is 11.3 Å². The van der Waals surface area contributed by atoms with Crippen molar-refractivity contribution in [3.05, 3.63) is 156 Å². The van der Waals surface area contributed by atoms with E-state index in [9.17, 15) is 0 Å². The molecule has 0 fully saturated rings. The first-order valence-electron chi connectivity index (χ1n) is 20.6. The van der Waals surface area contributed by atoms with Gasteiger partial charge in [0.2, 0.25) is 0 Å². The second-order valence-corrected chi connectivity index (χ2v) is 18.5. The van der Waals surface area contributed by atoms with Crippen molar-refractivity contribution >= 4 is 84.1 Å². The molecule has 0 spiro atoms. The summed E-state index contributed by atoms with van der Waals surface area (Å²) in [5.74, 6) is 0. The molecule has 4 nitrogen and oxygen atoms in total. The van der Waals surface area contributed by atoms with Gasteiger partial charge in [-0.15, -0.1) is 0 Å². The summed E-state index contributed by atoms with van der Waals surface area (Å²) in [4.78, 5) is 2.63. The molecule has 0 N–H and O–H groups in total. The van der Waals surface area contributed by atoms with Crippen molar-refractivity contribution in [3.8, 4) is 22.3 Å². The van der Waals surface area contributed by atoms with Crippen LogP contribution in [0.4, 0.5) is 11.4 Å². The summed E-state index contributed by atoms with van der Waals surface area (Å²) < 4.78 is 16.2. The Hall–Kier alpha value is -6.46. The summed E-state index contributed by atoms with van der Waals surface area (Å²) in [7, 11) is 0.